The van der Waals surface area contributed by atoms with E-state index < -0.39 is 0 Å². The molecule has 0 aromatic carbocycles. The van der Waals surface area contributed by atoms with Crippen LogP contribution in [-0.4, -0.2) is 28.0 Å². The SMILES string of the molecule is CO.C[AsH]C. The first kappa shape index (κ1) is 9.10. The van der Waals surface area contributed by atoms with E-state index in [1.807, 2.05) is 0 Å². The Hall–Kier alpha value is 0.518. The van der Waals surface area contributed by atoms with Crippen LogP contribution in [-0.2, 0) is 0 Å². The average Bonchev–Trinajstić information content (AvgIpc) is 1.46. The fourth-order valence-corrected chi connectivity index (χ4v) is 0. The molecule has 5 heavy (non-hydrogen) atoms. The van der Waals surface area contributed by atoms with E-state index in [2.05, 4.69) is 11.4 Å². The van der Waals surface area contributed by atoms with E-state index in [0.29, 0.717) is 15.8 Å². The molecule has 0 amide bonds. The van der Waals surface area contributed by atoms with Crippen LogP contribution in [0.2, 0.25) is 11.4 Å². The molecule has 0 atom stereocenters. The fraction of sp³-hybridized carbons (Fsp3) is 1.00. The van der Waals surface area contributed by atoms with Gasteiger partial charge in [0.2, 0.25) is 0 Å². The molecule has 1 nitrogen and oxygen atoms in total. The summed E-state index contributed by atoms with van der Waals surface area (Å²) in [5.41, 5.74) is 4.50. The standard InChI is InChI=1S/C2H7As.CH4O/c1-3-2;1-2/h3H,1-2H3;2H,1H3. The summed E-state index contributed by atoms with van der Waals surface area (Å²) in [5, 5.41) is 7.00. The molecular formula is C3H11AsO. The van der Waals surface area contributed by atoms with Crippen molar-refractivity contribution in [1.82, 2.24) is 0 Å². The minimum absolute atomic E-state index is 0.500. The van der Waals surface area contributed by atoms with Crippen LogP contribution in [0.1, 0.15) is 0 Å². The molecule has 0 saturated heterocycles. The Morgan fingerprint density at radius 3 is 1.20 bits per heavy atom. The van der Waals surface area contributed by atoms with Crippen LogP contribution in [0, 0.1) is 0 Å². The zero-order valence-corrected chi connectivity index (χ0v) is 6.05. The molecule has 0 unspecified atom stereocenters. The minimum atomic E-state index is 0.500. The summed E-state index contributed by atoms with van der Waals surface area (Å²) in [6.45, 7) is 0. The van der Waals surface area contributed by atoms with Crippen LogP contribution in [0.15, 0.2) is 0 Å². The molecule has 1 N–H and O–H groups in total. The van der Waals surface area contributed by atoms with Crippen LogP contribution in [0.4, 0.5) is 0 Å². The Morgan fingerprint density at radius 2 is 1.20 bits per heavy atom. The molecule has 0 saturated carbocycles. The number of hydrogen-bond acceptors (Lipinski definition) is 1. The fourth-order valence-electron chi connectivity index (χ4n) is 0. The summed E-state index contributed by atoms with van der Waals surface area (Å²) in [6.07, 6.45) is 0. The maximum atomic E-state index is 7.00. The number of aliphatic hydroxyl groups excluding tert-OH is 1. The Kier molecular flexibility index (Phi) is 44.2. The van der Waals surface area contributed by atoms with E-state index in [9.17, 15) is 0 Å². The van der Waals surface area contributed by atoms with E-state index in [4.69, 9.17) is 5.11 Å². The summed E-state index contributed by atoms with van der Waals surface area (Å²) < 4.78 is 0. The Bertz CT molecular complexity index is 6.85. The van der Waals surface area contributed by atoms with E-state index in [-0.39, 0.29) is 0 Å². The van der Waals surface area contributed by atoms with Crippen molar-refractivity contribution in [2.75, 3.05) is 7.11 Å². The van der Waals surface area contributed by atoms with Crippen LogP contribution in [0.5, 0.6) is 0 Å². The molecule has 0 aliphatic rings. The van der Waals surface area contributed by atoms with Gasteiger partial charge in [0.05, 0.1) is 0 Å². The molecule has 0 radical (unpaired) electrons. The Balaban J connectivity index is 0. The van der Waals surface area contributed by atoms with Crippen molar-refractivity contribution in [3.63, 3.8) is 0 Å². The summed E-state index contributed by atoms with van der Waals surface area (Å²) >= 11 is 0.500. The monoisotopic (exact) mass is 138 g/mol. The molecule has 0 aromatic heterocycles. The van der Waals surface area contributed by atoms with Crippen molar-refractivity contribution >= 4 is 15.8 Å². The zero-order valence-electron chi connectivity index (χ0n) is 3.95. The quantitative estimate of drug-likeness (QED) is 0.471. The molecule has 0 aliphatic heterocycles. The molecule has 0 fully saturated rings. The van der Waals surface area contributed by atoms with Gasteiger partial charge in [-0.2, -0.15) is 0 Å². The average molecular weight is 138 g/mol. The van der Waals surface area contributed by atoms with Crippen molar-refractivity contribution < 1.29 is 5.11 Å². The third-order valence-electron chi connectivity index (χ3n) is 0. The molecule has 34 valence electrons. The van der Waals surface area contributed by atoms with E-state index in [1.54, 1.807) is 0 Å². The maximum absolute atomic E-state index is 7.00. The molecule has 0 rings (SSSR count). The molecule has 0 spiro atoms. The van der Waals surface area contributed by atoms with Gasteiger partial charge in [0.15, 0.2) is 0 Å². The van der Waals surface area contributed by atoms with Crippen molar-refractivity contribution in [1.29, 1.82) is 0 Å². The first-order valence-corrected chi connectivity index (χ1v) is 5.64. The number of rotatable bonds is 0. The van der Waals surface area contributed by atoms with E-state index in [1.165, 1.54) is 0 Å². The molecule has 0 bridgehead atoms. The van der Waals surface area contributed by atoms with Crippen LogP contribution < -0.4 is 0 Å². The van der Waals surface area contributed by atoms with Crippen LogP contribution in [0.3, 0.4) is 0 Å². The summed E-state index contributed by atoms with van der Waals surface area (Å²) in [6, 6.07) is 0. The van der Waals surface area contributed by atoms with Gasteiger partial charge in [0.25, 0.3) is 0 Å². The number of hydrogen-bond donors (Lipinski definition) is 1. The topological polar surface area (TPSA) is 20.2 Å². The molecule has 0 aliphatic carbocycles. The van der Waals surface area contributed by atoms with Crippen molar-refractivity contribution in [2.45, 2.75) is 11.4 Å². The van der Waals surface area contributed by atoms with E-state index >= 15 is 0 Å². The third kappa shape index (κ3) is 107. The van der Waals surface area contributed by atoms with Gasteiger partial charge in [0, 0.05) is 7.11 Å². The van der Waals surface area contributed by atoms with Gasteiger partial charge in [-0.3, -0.25) is 0 Å². The molecular weight excluding hydrogens is 127 g/mol. The van der Waals surface area contributed by atoms with Gasteiger partial charge in [-0.25, -0.2) is 0 Å². The van der Waals surface area contributed by atoms with Gasteiger partial charge < -0.3 is 5.11 Å². The predicted molar refractivity (Wildman–Crippen MR) is 27.0 cm³/mol. The predicted octanol–water partition coefficient (Wildman–Crippen LogP) is 0.128. The third-order valence-corrected chi connectivity index (χ3v) is 0. The van der Waals surface area contributed by atoms with Crippen molar-refractivity contribution in [3.8, 4) is 0 Å². The van der Waals surface area contributed by atoms with Crippen molar-refractivity contribution in [3.05, 3.63) is 0 Å². The van der Waals surface area contributed by atoms with Gasteiger partial charge in [-0.05, 0) is 0 Å². The van der Waals surface area contributed by atoms with Crippen LogP contribution in [0.25, 0.3) is 0 Å². The second kappa shape index (κ2) is 24.3. The second-order valence-corrected chi connectivity index (χ2v) is 2.60. The summed E-state index contributed by atoms with van der Waals surface area (Å²) in [7, 11) is 1.00. The Morgan fingerprint density at radius 1 is 1.20 bits per heavy atom. The summed E-state index contributed by atoms with van der Waals surface area (Å²) in [4.78, 5) is 0. The molecule has 2 heteroatoms. The first-order valence-electron chi connectivity index (χ1n) is 1.45. The molecule has 0 heterocycles. The molecule has 0 aromatic rings. The van der Waals surface area contributed by atoms with Crippen LogP contribution >= 0.6 is 0 Å². The van der Waals surface area contributed by atoms with Gasteiger partial charge in [-0.1, -0.05) is 0 Å². The van der Waals surface area contributed by atoms with E-state index in [0.717, 1.165) is 7.11 Å². The van der Waals surface area contributed by atoms with Crippen molar-refractivity contribution in [2.24, 2.45) is 0 Å². The first-order chi connectivity index (χ1) is 2.41. The normalized spacial score (nSPS) is 4.80. The summed E-state index contributed by atoms with van der Waals surface area (Å²) in [5.74, 6) is 0. The second-order valence-electron chi connectivity index (χ2n) is 0.500. The van der Waals surface area contributed by atoms with Gasteiger partial charge in [-0.15, -0.1) is 0 Å². The zero-order chi connectivity index (χ0) is 4.71. The van der Waals surface area contributed by atoms with Gasteiger partial charge >= 0.3 is 27.2 Å². The number of aliphatic hydroxyl groups is 1. The van der Waals surface area contributed by atoms with Gasteiger partial charge in [0.1, 0.15) is 0 Å². The Labute approximate surface area is 40.1 Å².